The van der Waals surface area contributed by atoms with E-state index >= 15 is 0 Å². The third kappa shape index (κ3) is 5.11. The molecule has 0 bridgehead atoms. The van der Waals surface area contributed by atoms with Gasteiger partial charge in [0, 0.05) is 10.5 Å². The molecule has 6 nitrogen and oxygen atoms in total. The lowest BCUT2D eigenvalue weighted by Crippen LogP contribution is -2.20. The van der Waals surface area contributed by atoms with Crippen molar-refractivity contribution in [3.63, 3.8) is 0 Å². The Balaban J connectivity index is 2.08. The summed E-state index contributed by atoms with van der Waals surface area (Å²) in [5.74, 6) is -0.210. The summed E-state index contributed by atoms with van der Waals surface area (Å²) in [5.41, 5.74) is 0.465. The molecule has 25 heavy (non-hydrogen) atoms. The van der Waals surface area contributed by atoms with Gasteiger partial charge in [0.25, 0.3) is 5.91 Å². The van der Waals surface area contributed by atoms with E-state index in [0.717, 1.165) is 4.47 Å². The van der Waals surface area contributed by atoms with Crippen LogP contribution in [0.15, 0.2) is 40.9 Å². The van der Waals surface area contributed by atoms with E-state index in [0.29, 0.717) is 11.4 Å². The minimum absolute atomic E-state index is 0.165. The molecule has 0 atom stereocenters. The third-order valence-electron chi connectivity index (χ3n) is 3.13. The fourth-order valence-electron chi connectivity index (χ4n) is 1.98. The number of esters is 1. The fraction of sp³-hybridized carbons (Fsp3) is 0.176. The molecular formula is C17H15BrClNO5. The average Bonchev–Trinajstić information content (AvgIpc) is 2.60. The Morgan fingerprint density at radius 1 is 1.20 bits per heavy atom. The fourth-order valence-corrected chi connectivity index (χ4v) is 2.57. The van der Waals surface area contributed by atoms with Crippen LogP contribution in [0.25, 0.3) is 0 Å². The Labute approximate surface area is 158 Å². The molecule has 0 spiro atoms. The van der Waals surface area contributed by atoms with Crippen LogP contribution in [0.1, 0.15) is 10.4 Å². The number of benzene rings is 2. The molecule has 8 heteroatoms. The first-order valence-corrected chi connectivity index (χ1v) is 8.25. The highest BCUT2D eigenvalue weighted by Crippen LogP contribution is 2.31. The van der Waals surface area contributed by atoms with Gasteiger partial charge in [-0.25, -0.2) is 4.79 Å². The summed E-state index contributed by atoms with van der Waals surface area (Å²) in [4.78, 5) is 23.8. The summed E-state index contributed by atoms with van der Waals surface area (Å²) in [6.07, 6.45) is 0. The summed E-state index contributed by atoms with van der Waals surface area (Å²) < 4.78 is 16.1. The molecule has 1 amide bonds. The Morgan fingerprint density at radius 3 is 2.60 bits per heavy atom. The molecule has 0 aliphatic rings. The number of hydrogen-bond acceptors (Lipinski definition) is 5. The molecule has 0 aliphatic carbocycles. The Morgan fingerprint density at radius 2 is 1.96 bits per heavy atom. The number of ether oxygens (including phenoxy) is 3. The Bertz CT molecular complexity index is 797. The maximum absolute atomic E-state index is 12.1. The molecule has 1 N–H and O–H groups in total. The lowest BCUT2D eigenvalue weighted by Gasteiger charge is -2.13. The van der Waals surface area contributed by atoms with Crippen LogP contribution in [0.3, 0.4) is 0 Å². The van der Waals surface area contributed by atoms with Crippen LogP contribution in [-0.4, -0.2) is 32.7 Å². The zero-order valence-electron chi connectivity index (χ0n) is 13.5. The normalized spacial score (nSPS) is 10.1. The van der Waals surface area contributed by atoms with Crippen molar-refractivity contribution in [1.29, 1.82) is 0 Å². The van der Waals surface area contributed by atoms with Crippen molar-refractivity contribution in [2.75, 3.05) is 26.1 Å². The second kappa shape index (κ2) is 8.73. The minimum Gasteiger partial charge on any atom is -0.496 e. The molecule has 0 heterocycles. The van der Waals surface area contributed by atoms with Crippen molar-refractivity contribution in [2.24, 2.45) is 0 Å². The van der Waals surface area contributed by atoms with Crippen molar-refractivity contribution in [2.45, 2.75) is 0 Å². The van der Waals surface area contributed by atoms with Gasteiger partial charge in [0.05, 0.1) is 24.9 Å². The Hall–Kier alpha value is -2.25. The number of hydrogen-bond donors (Lipinski definition) is 1. The molecule has 0 aliphatic heterocycles. The zero-order valence-corrected chi connectivity index (χ0v) is 15.8. The van der Waals surface area contributed by atoms with E-state index in [-0.39, 0.29) is 22.9 Å². The number of carbonyl (C=O) groups excluding carboxylic acids is 2. The summed E-state index contributed by atoms with van der Waals surface area (Å²) in [7, 11) is 2.66. The first-order chi connectivity index (χ1) is 11.9. The second-order valence-corrected chi connectivity index (χ2v) is 6.14. The highest BCUT2D eigenvalue weighted by molar-refractivity contribution is 9.10. The zero-order chi connectivity index (χ0) is 18.4. The first-order valence-electron chi connectivity index (χ1n) is 7.08. The maximum atomic E-state index is 12.1. The van der Waals surface area contributed by atoms with Crippen molar-refractivity contribution >= 4 is 45.1 Å². The highest BCUT2D eigenvalue weighted by atomic mass is 79.9. The van der Waals surface area contributed by atoms with E-state index in [2.05, 4.69) is 26.0 Å². The quantitative estimate of drug-likeness (QED) is 0.706. The minimum atomic E-state index is -0.588. The van der Waals surface area contributed by atoms with Gasteiger partial charge in [0.2, 0.25) is 0 Å². The van der Waals surface area contributed by atoms with Gasteiger partial charge in [-0.2, -0.15) is 0 Å². The van der Waals surface area contributed by atoms with Crippen molar-refractivity contribution < 1.29 is 23.8 Å². The summed E-state index contributed by atoms with van der Waals surface area (Å²) >= 11 is 9.44. The van der Waals surface area contributed by atoms with Gasteiger partial charge in [-0.1, -0.05) is 33.6 Å². The summed E-state index contributed by atoms with van der Waals surface area (Å²) in [5, 5.41) is 2.79. The molecule has 2 rings (SSSR count). The number of methoxy groups -OCH3 is 2. The molecule has 0 saturated carbocycles. The van der Waals surface area contributed by atoms with Gasteiger partial charge < -0.3 is 19.5 Å². The predicted molar refractivity (Wildman–Crippen MR) is 97.6 cm³/mol. The monoisotopic (exact) mass is 427 g/mol. The van der Waals surface area contributed by atoms with Crippen LogP contribution in [0, 0.1) is 0 Å². The number of carbonyl (C=O) groups is 2. The van der Waals surface area contributed by atoms with E-state index in [1.807, 2.05) is 6.07 Å². The molecular weight excluding hydrogens is 414 g/mol. The molecule has 0 unspecified atom stereocenters. The van der Waals surface area contributed by atoms with Crippen LogP contribution in [0.4, 0.5) is 5.69 Å². The predicted octanol–water partition coefficient (Wildman–Crippen LogP) is 3.92. The molecule has 0 fully saturated rings. The van der Waals surface area contributed by atoms with Gasteiger partial charge in [0.1, 0.15) is 17.1 Å². The van der Waals surface area contributed by atoms with Crippen LogP contribution in [0.5, 0.6) is 11.5 Å². The van der Waals surface area contributed by atoms with E-state index in [1.54, 1.807) is 18.2 Å². The Kier molecular flexibility index (Phi) is 6.66. The van der Waals surface area contributed by atoms with Crippen LogP contribution >= 0.6 is 27.5 Å². The van der Waals surface area contributed by atoms with Crippen LogP contribution in [0.2, 0.25) is 5.02 Å². The maximum Gasteiger partial charge on any atom is 0.341 e. The standard InChI is InChI=1S/C17H15BrClNO5/c1-23-15-8-14(13(19)7-12(15)17(22)24-2)20-16(21)9-25-11-5-3-4-10(18)6-11/h3-8H,9H2,1-2H3,(H,20,21). The number of nitrogens with one attached hydrogen (secondary N) is 1. The summed E-state index contributed by atoms with van der Waals surface area (Å²) in [6, 6.07) is 9.95. The molecule has 2 aromatic carbocycles. The molecule has 0 saturated heterocycles. The number of rotatable bonds is 6. The molecule has 0 radical (unpaired) electrons. The van der Waals surface area contributed by atoms with Gasteiger partial charge in [-0.3, -0.25) is 4.79 Å². The van der Waals surface area contributed by atoms with E-state index in [1.165, 1.54) is 26.4 Å². The van der Waals surface area contributed by atoms with E-state index in [9.17, 15) is 9.59 Å². The van der Waals surface area contributed by atoms with E-state index in [4.69, 9.17) is 21.1 Å². The highest BCUT2D eigenvalue weighted by Gasteiger charge is 2.17. The van der Waals surface area contributed by atoms with E-state index < -0.39 is 11.9 Å². The number of halogens is 2. The molecule has 132 valence electrons. The van der Waals surface area contributed by atoms with Gasteiger partial charge >= 0.3 is 5.97 Å². The topological polar surface area (TPSA) is 73.9 Å². The van der Waals surface area contributed by atoms with Crippen LogP contribution < -0.4 is 14.8 Å². The van der Waals surface area contributed by atoms with Crippen molar-refractivity contribution in [3.05, 3.63) is 51.5 Å². The largest absolute Gasteiger partial charge is 0.496 e. The first kappa shape index (κ1) is 19.1. The number of anilines is 1. The lowest BCUT2D eigenvalue weighted by molar-refractivity contribution is -0.118. The number of amides is 1. The SMILES string of the molecule is COC(=O)c1cc(Cl)c(NC(=O)COc2cccc(Br)c2)cc1OC. The van der Waals surface area contributed by atoms with Gasteiger partial charge in [-0.15, -0.1) is 0 Å². The smallest absolute Gasteiger partial charge is 0.341 e. The van der Waals surface area contributed by atoms with Crippen molar-refractivity contribution in [3.8, 4) is 11.5 Å². The van der Waals surface area contributed by atoms with Gasteiger partial charge in [0.15, 0.2) is 6.61 Å². The van der Waals surface area contributed by atoms with Crippen LogP contribution in [-0.2, 0) is 9.53 Å². The van der Waals surface area contributed by atoms with Gasteiger partial charge in [-0.05, 0) is 24.3 Å². The molecule has 0 aromatic heterocycles. The average molecular weight is 429 g/mol. The molecule has 2 aromatic rings. The second-order valence-electron chi connectivity index (χ2n) is 4.82. The summed E-state index contributed by atoms with van der Waals surface area (Å²) in [6.45, 7) is -0.201. The van der Waals surface area contributed by atoms with Crippen molar-refractivity contribution in [1.82, 2.24) is 0 Å². The third-order valence-corrected chi connectivity index (χ3v) is 3.94. The lowest BCUT2D eigenvalue weighted by atomic mass is 10.1.